The Bertz CT molecular complexity index is 682. The second-order valence-electron chi connectivity index (χ2n) is 6.38. The Morgan fingerprint density at radius 2 is 1.96 bits per heavy atom. The van der Waals surface area contributed by atoms with E-state index in [2.05, 4.69) is 12.2 Å². The first-order valence-electron chi connectivity index (χ1n) is 8.95. The van der Waals surface area contributed by atoms with Gasteiger partial charge in [0, 0.05) is 19.6 Å². The molecule has 1 aromatic carbocycles. The van der Waals surface area contributed by atoms with Gasteiger partial charge in [0.2, 0.25) is 10.0 Å². The predicted molar refractivity (Wildman–Crippen MR) is 97.2 cm³/mol. The molecule has 0 atom stereocenters. The second kappa shape index (κ2) is 9.20. The topological polar surface area (TPSA) is 75.7 Å². The molecule has 0 aliphatic carbocycles. The summed E-state index contributed by atoms with van der Waals surface area (Å²) in [6.07, 6.45) is 4.98. The van der Waals surface area contributed by atoms with Gasteiger partial charge in [-0.25, -0.2) is 8.42 Å². The summed E-state index contributed by atoms with van der Waals surface area (Å²) >= 11 is 0. The summed E-state index contributed by atoms with van der Waals surface area (Å²) < 4.78 is 32.2. The van der Waals surface area contributed by atoms with Crippen molar-refractivity contribution in [2.45, 2.75) is 50.8 Å². The van der Waals surface area contributed by atoms with Crippen molar-refractivity contribution in [1.29, 1.82) is 0 Å². The molecular formula is C18H28N2O4S. The van der Waals surface area contributed by atoms with E-state index >= 15 is 0 Å². The second-order valence-corrected chi connectivity index (χ2v) is 8.32. The van der Waals surface area contributed by atoms with Crippen molar-refractivity contribution in [3.63, 3.8) is 0 Å². The molecule has 1 fully saturated rings. The smallest absolute Gasteiger partial charge is 0.257 e. The Morgan fingerprint density at radius 1 is 1.24 bits per heavy atom. The molecule has 1 amide bonds. The summed E-state index contributed by atoms with van der Waals surface area (Å²) in [7, 11) is -3.43. The van der Waals surface area contributed by atoms with Gasteiger partial charge in [-0.05, 0) is 49.9 Å². The van der Waals surface area contributed by atoms with Crippen LogP contribution in [0.5, 0.6) is 5.75 Å². The van der Waals surface area contributed by atoms with Gasteiger partial charge in [0.15, 0.2) is 6.61 Å². The van der Waals surface area contributed by atoms with Crippen molar-refractivity contribution in [3.05, 3.63) is 23.8 Å². The van der Waals surface area contributed by atoms with Gasteiger partial charge < -0.3 is 10.1 Å². The minimum absolute atomic E-state index is 0.0643. The molecule has 25 heavy (non-hydrogen) atoms. The molecule has 7 heteroatoms. The maximum absolute atomic E-state index is 12.6. The van der Waals surface area contributed by atoms with Crippen LogP contribution in [0.4, 0.5) is 0 Å². The maximum atomic E-state index is 12.6. The first kappa shape index (κ1) is 19.7. The molecule has 0 spiro atoms. The molecule has 1 N–H and O–H groups in total. The van der Waals surface area contributed by atoms with Gasteiger partial charge in [-0.1, -0.05) is 19.8 Å². The van der Waals surface area contributed by atoms with Gasteiger partial charge in [0.1, 0.15) is 5.75 Å². The fraction of sp³-hybridized carbons (Fsp3) is 0.611. The van der Waals surface area contributed by atoms with Crippen LogP contribution in [0.3, 0.4) is 0 Å². The van der Waals surface area contributed by atoms with Crippen molar-refractivity contribution in [1.82, 2.24) is 9.62 Å². The van der Waals surface area contributed by atoms with Gasteiger partial charge in [-0.15, -0.1) is 0 Å². The third-order valence-electron chi connectivity index (χ3n) is 4.31. The number of carbonyl (C=O) groups excluding carboxylic acids is 1. The van der Waals surface area contributed by atoms with Crippen molar-refractivity contribution < 1.29 is 17.9 Å². The average molecular weight is 368 g/mol. The molecule has 140 valence electrons. The van der Waals surface area contributed by atoms with Gasteiger partial charge in [-0.3, -0.25) is 4.79 Å². The number of amides is 1. The van der Waals surface area contributed by atoms with Crippen LogP contribution in [0.15, 0.2) is 23.1 Å². The van der Waals surface area contributed by atoms with Crippen molar-refractivity contribution in [2.75, 3.05) is 26.2 Å². The lowest BCUT2D eigenvalue weighted by atomic mass is 10.2. The maximum Gasteiger partial charge on any atom is 0.257 e. The summed E-state index contributed by atoms with van der Waals surface area (Å²) in [6.45, 7) is 5.65. The first-order valence-corrected chi connectivity index (χ1v) is 10.4. The number of ether oxygens (including phenoxy) is 1. The first-order chi connectivity index (χ1) is 11.9. The molecule has 0 aromatic heterocycles. The Kier molecular flexibility index (Phi) is 7.25. The average Bonchev–Trinajstić information content (AvgIpc) is 3.13. The van der Waals surface area contributed by atoms with E-state index < -0.39 is 10.0 Å². The van der Waals surface area contributed by atoms with E-state index in [0.717, 1.165) is 32.1 Å². The fourth-order valence-electron chi connectivity index (χ4n) is 2.82. The lowest BCUT2D eigenvalue weighted by Crippen LogP contribution is -2.30. The van der Waals surface area contributed by atoms with Crippen molar-refractivity contribution in [2.24, 2.45) is 0 Å². The number of hydrogen-bond acceptors (Lipinski definition) is 4. The molecule has 6 nitrogen and oxygen atoms in total. The summed E-state index contributed by atoms with van der Waals surface area (Å²) in [5, 5.41) is 2.81. The zero-order valence-corrected chi connectivity index (χ0v) is 15.9. The molecule has 1 heterocycles. The number of carbonyl (C=O) groups is 1. The molecule has 0 saturated carbocycles. The van der Waals surface area contributed by atoms with Gasteiger partial charge in [0.05, 0.1) is 4.90 Å². The van der Waals surface area contributed by atoms with Gasteiger partial charge >= 0.3 is 0 Å². The Balaban J connectivity index is 1.92. The zero-order chi connectivity index (χ0) is 18.3. The number of nitrogens with zero attached hydrogens (tertiary/aromatic N) is 1. The van der Waals surface area contributed by atoms with Gasteiger partial charge in [0.25, 0.3) is 5.91 Å². The van der Waals surface area contributed by atoms with Crippen molar-refractivity contribution in [3.8, 4) is 5.75 Å². The quantitative estimate of drug-likeness (QED) is 0.680. The van der Waals surface area contributed by atoms with E-state index in [1.54, 1.807) is 25.1 Å². The highest BCUT2D eigenvalue weighted by Crippen LogP contribution is 2.26. The van der Waals surface area contributed by atoms with Crippen LogP contribution in [0.1, 0.15) is 44.6 Å². The van der Waals surface area contributed by atoms with Crippen LogP contribution < -0.4 is 10.1 Å². The number of sulfonamides is 1. The Hall–Kier alpha value is -1.60. The zero-order valence-electron chi connectivity index (χ0n) is 15.1. The third-order valence-corrected chi connectivity index (χ3v) is 6.21. The van der Waals surface area contributed by atoms with Crippen LogP contribution in [0, 0.1) is 6.92 Å². The van der Waals surface area contributed by atoms with E-state index in [-0.39, 0.29) is 17.4 Å². The minimum Gasteiger partial charge on any atom is -0.484 e. The lowest BCUT2D eigenvalue weighted by Gasteiger charge is -2.17. The molecule has 0 radical (unpaired) electrons. The van der Waals surface area contributed by atoms with Crippen LogP contribution in [0.2, 0.25) is 0 Å². The lowest BCUT2D eigenvalue weighted by molar-refractivity contribution is -0.123. The van der Waals surface area contributed by atoms with Crippen LogP contribution >= 0.6 is 0 Å². The number of hydrogen-bond donors (Lipinski definition) is 1. The van der Waals surface area contributed by atoms with E-state index in [0.29, 0.717) is 30.9 Å². The van der Waals surface area contributed by atoms with E-state index in [4.69, 9.17) is 4.74 Å². The summed E-state index contributed by atoms with van der Waals surface area (Å²) in [6, 6.07) is 4.79. The highest BCUT2D eigenvalue weighted by atomic mass is 32.2. The largest absolute Gasteiger partial charge is 0.484 e. The molecule has 0 unspecified atom stereocenters. The van der Waals surface area contributed by atoms with Crippen LogP contribution in [-0.4, -0.2) is 44.9 Å². The monoisotopic (exact) mass is 368 g/mol. The SMILES string of the molecule is CCCCCNC(=O)COc1ccc(S(=O)(=O)N2CCCC2)cc1C. The standard InChI is InChI=1S/C18H28N2O4S/c1-3-4-5-10-19-18(21)14-24-17-9-8-16(13-15(17)2)25(22,23)20-11-6-7-12-20/h8-9,13H,3-7,10-12,14H2,1-2H3,(H,19,21). The molecule has 1 aliphatic heterocycles. The number of nitrogens with one attached hydrogen (secondary N) is 1. The minimum atomic E-state index is -3.43. The van der Waals surface area contributed by atoms with Gasteiger partial charge in [-0.2, -0.15) is 4.31 Å². The number of unbranched alkanes of at least 4 members (excludes halogenated alkanes) is 2. The highest BCUT2D eigenvalue weighted by molar-refractivity contribution is 7.89. The third kappa shape index (κ3) is 5.44. The Labute approximate surface area is 150 Å². The molecule has 1 aromatic rings. The predicted octanol–water partition coefficient (Wildman–Crippen LogP) is 2.46. The number of benzene rings is 1. The highest BCUT2D eigenvalue weighted by Gasteiger charge is 2.27. The van der Waals surface area contributed by atoms with E-state index in [1.165, 1.54) is 4.31 Å². The van der Waals surface area contributed by atoms with E-state index in [1.807, 2.05) is 0 Å². The molecule has 0 bridgehead atoms. The summed E-state index contributed by atoms with van der Waals surface area (Å²) in [4.78, 5) is 12.0. The van der Waals surface area contributed by atoms with E-state index in [9.17, 15) is 13.2 Å². The summed E-state index contributed by atoms with van der Waals surface area (Å²) in [5.74, 6) is 0.369. The Morgan fingerprint density at radius 3 is 2.60 bits per heavy atom. The normalized spacial score (nSPS) is 15.3. The number of rotatable bonds is 9. The number of aryl methyl sites for hydroxylation is 1. The molecule has 1 aliphatic rings. The van der Waals surface area contributed by atoms with Crippen LogP contribution in [0.25, 0.3) is 0 Å². The molecule has 2 rings (SSSR count). The molecular weight excluding hydrogens is 340 g/mol. The van der Waals surface area contributed by atoms with Crippen molar-refractivity contribution >= 4 is 15.9 Å². The molecule has 1 saturated heterocycles. The van der Waals surface area contributed by atoms with Crippen LogP contribution in [-0.2, 0) is 14.8 Å². The summed E-state index contributed by atoms with van der Waals surface area (Å²) in [5.41, 5.74) is 0.707. The fourth-order valence-corrected chi connectivity index (χ4v) is 4.42.